The van der Waals surface area contributed by atoms with Gasteiger partial charge in [-0.15, -0.1) is 0 Å². The van der Waals surface area contributed by atoms with Crippen molar-refractivity contribution in [1.29, 1.82) is 5.26 Å². The first-order valence-electron chi connectivity index (χ1n) is 14.6. The van der Waals surface area contributed by atoms with Crippen LogP contribution >= 0.6 is 0 Å². The lowest BCUT2D eigenvalue weighted by Gasteiger charge is -2.41. The summed E-state index contributed by atoms with van der Waals surface area (Å²) in [6.07, 6.45) is -0.600. The molecule has 1 spiro atoms. The van der Waals surface area contributed by atoms with E-state index < -0.39 is 11.7 Å². The van der Waals surface area contributed by atoms with E-state index in [1.165, 1.54) is 6.07 Å². The number of benzene rings is 2. The molecule has 2 N–H and O–H groups in total. The summed E-state index contributed by atoms with van der Waals surface area (Å²) < 4.78 is 45.6. The zero-order valence-electron chi connectivity index (χ0n) is 23.9. The molecule has 0 unspecified atom stereocenters. The van der Waals surface area contributed by atoms with Crippen molar-refractivity contribution < 1.29 is 22.7 Å². The van der Waals surface area contributed by atoms with Crippen LogP contribution in [0.3, 0.4) is 0 Å². The maximum Gasteiger partial charge on any atom is 0.416 e. The number of carbonyl (C=O) groups excluding carboxylic acids is 1. The summed E-state index contributed by atoms with van der Waals surface area (Å²) >= 11 is 0. The van der Waals surface area contributed by atoms with Crippen molar-refractivity contribution in [2.45, 2.75) is 43.8 Å². The number of anilines is 2. The van der Waals surface area contributed by atoms with E-state index >= 15 is 0 Å². The van der Waals surface area contributed by atoms with E-state index in [2.05, 4.69) is 21.7 Å². The van der Waals surface area contributed by atoms with E-state index in [1.807, 2.05) is 47.1 Å². The minimum Gasteiger partial charge on any atom is -0.478 e. The number of aromatic nitrogens is 1. The molecule has 3 aromatic rings. The fraction of sp³-hybridized carbons (Fsp3) is 0.406. The summed E-state index contributed by atoms with van der Waals surface area (Å²) in [5, 5.41) is 16.1. The number of ether oxygens (including phenoxy) is 1. The van der Waals surface area contributed by atoms with E-state index in [1.54, 1.807) is 6.20 Å². The topological polar surface area (TPSA) is 93.5 Å². The number of nitrogens with one attached hydrogen (secondary N) is 2. The summed E-state index contributed by atoms with van der Waals surface area (Å²) in [5.74, 6) is 0.531. The van der Waals surface area contributed by atoms with Crippen LogP contribution in [0, 0.1) is 11.3 Å². The molecule has 8 nitrogen and oxygen atoms in total. The van der Waals surface area contributed by atoms with Gasteiger partial charge in [-0.2, -0.15) is 18.4 Å². The molecule has 1 aromatic heterocycles. The average Bonchev–Trinajstić information content (AvgIpc) is 3.63. The number of pyridine rings is 1. The number of hydrogen-bond acceptors (Lipinski definition) is 6. The number of fused-ring (bicyclic) bond motifs is 2. The summed E-state index contributed by atoms with van der Waals surface area (Å²) in [6, 6.07) is 15.2. The first-order chi connectivity index (χ1) is 20.7. The number of halogens is 3. The van der Waals surface area contributed by atoms with E-state index in [0.717, 1.165) is 54.0 Å². The number of hydrogen-bond donors (Lipinski definition) is 2. The summed E-state index contributed by atoms with van der Waals surface area (Å²) in [4.78, 5) is 21.9. The van der Waals surface area contributed by atoms with Gasteiger partial charge in [0.25, 0.3) is 0 Å². The lowest BCUT2D eigenvalue weighted by Crippen LogP contribution is -2.49. The molecule has 2 aromatic carbocycles. The van der Waals surface area contributed by atoms with E-state index in [4.69, 9.17) is 4.74 Å². The molecule has 11 heteroatoms. The molecule has 2 fully saturated rings. The molecule has 3 aliphatic heterocycles. The van der Waals surface area contributed by atoms with Gasteiger partial charge >= 0.3 is 12.2 Å². The highest BCUT2D eigenvalue weighted by Gasteiger charge is 2.47. The SMILES string of the molecule is CCOc1ncccc1-c1ccc2c(c1)N(C(=O)N[C@@H]1CCNC1)CC21CCN(c2ccc(C(F)(F)F)cc2C#N)CC1. The van der Waals surface area contributed by atoms with Crippen molar-refractivity contribution in [1.82, 2.24) is 15.6 Å². The van der Waals surface area contributed by atoms with Crippen molar-refractivity contribution >= 4 is 17.4 Å². The molecule has 0 saturated carbocycles. The minimum absolute atomic E-state index is 0.00925. The van der Waals surface area contributed by atoms with Gasteiger partial charge < -0.3 is 20.3 Å². The van der Waals surface area contributed by atoms with Crippen LogP contribution in [-0.4, -0.2) is 56.4 Å². The second-order valence-corrected chi connectivity index (χ2v) is 11.4. The number of nitriles is 1. The van der Waals surface area contributed by atoms with Crippen LogP contribution in [0.2, 0.25) is 0 Å². The van der Waals surface area contributed by atoms with Crippen molar-refractivity contribution in [3.8, 4) is 23.1 Å². The molecule has 0 bridgehead atoms. The molecule has 2 saturated heterocycles. The van der Waals surface area contributed by atoms with Crippen LogP contribution in [-0.2, 0) is 11.6 Å². The Morgan fingerprint density at radius 2 is 2.00 bits per heavy atom. The zero-order chi connectivity index (χ0) is 30.2. The molecular weight excluding hydrogens is 557 g/mol. The smallest absolute Gasteiger partial charge is 0.416 e. The Morgan fingerprint density at radius 3 is 2.70 bits per heavy atom. The molecule has 0 radical (unpaired) electrons. The quantitative estimate of drug-likeness (QED) is 0.410. The molecular formula is C32H33F3N6O2. The van der Waals surface area contributed by atoms with Gasteiger partial charge in [-0.05, 0) is 80.3 Å². The Kier molecular flexibility index (Phi) is 7.65. The van der Waals surface area contributed by atoms with Gasteiger partial charge in [-0.1, -0.05) is 12.1 Å². The van der Waals surface area contributed by atoms with Crippen molar-refractivity contribution in [2.75, 3.05) is 49.1 Å². The van der Waals surface area contributed by atoms with Crippen LogP contribution in [0.15, 0.2) is 54.7 Å². The van der Waals surface area contributed by atoms with E-state index in [0.29, 0.717) is 50.7 Å². The Bertz CT molecular complexity index is 1560. The second-order valence-electron chi connectivity index (χ2n) is 11.4. The van der Waals surface area contributed by atoms with Crippen molar-refractivity contribution in [3.05, 3.63) is 71.4 Å². The number of urea groups is 1. The summed E-state index contributed by atoms with van der Waals surface area (Å²) in [5.41, 5.74) is 3.01. The molecule has 224 valence electrons. The molecule has 43 heavy (non-hydrogen) atoms. The maximum absolute atomic E-state index is 13.7. The van der Waals surface area contributed by atoms with Gasteiger partial charge in [-0.3, -0.25) is 4.90 Å². The third kappa shape index (κ3) is 5.47. The Labute approximate surface area is 248 Å². The molecule has 4 heterocycles. The fourth-order valence-corrected chi connectivity index (χ4v) is 6.60. The van der Waals surface area contributed by atoms with Gasteiger partial charge in [0.05, 0.1) is 23.4 Å². The van der Waals surface area contributed by atoms with Crippen LogP contribution in [0.1, 0.15) is 42.9 Å². The molecule has 6 rings (SSSR count). The lowest BCUT2D eigenvalue weighted by molar-refractivity contribution is -0.137. The predicted molar refractivity (Wildman–Crippen MR) is 157 cm³/mol. The third-order valence-electron chi connectivity index (χ3n) is 8.82. The highest BCUT2D eigenvalue weighted by molar-refractivity contribution is 5.96. The Balaban J connectivity index is 1.31. The lowest BCUT2D eigenvalue weighted by atomic mass is 9.74. The van der Waals surface area contributed by atoms with Crippen LogP contribution < -0.4 is 25.2 Å². The first-order valence-corrected chi connectivity index (χ1v) is 14.6. The van der Waals surface area contributed by atoms with Crippen LogP contribution in [0.25, 0.3) is 11.1 Å². The van der Waals surface area contributed by atoms with Gasteiger partial charge in [0.2, 0.25) is 5.88 Å². The summed E-state index contributed by atoms with van der Waals surface area (Å²) in [6.45, 7) is 5.56. The normalized spacial score (nSPS) is 19.3. The summed E-state index contributed by atoms with van der Waals surface area (Å²) in [7, 11) is 0. The second kappa shape index (κ2) is 11.4. The van der Waals surface area contributed by atoms with Crippen LogP contribution in [0.4, 0.5) is 29.3 Å². The van der Waals surface area contributed by atoms with Crippen molar-refractivity contribution in [3.63, 3.8) is 0 Å². The third-order valence-corrected chi connectivity index (χ3v) is 8.82. The molecule has 1 atom stereocenters. The number of alkyl halides is 3. The fourth-order valence-electron chi connectivity index (χ4n) is 6.60. The average molecular weight is 591 g/mol. The number of piperidine rings is 1. The standard InChI is InChI=1S/C32H33F3N6O2/c1-2-43-29-25(4-3-12-38-29)21-5-7-26-28(17-21)41(30(42)39-24-9-13-37-19-24)20-31(26)10-14-40(15-11-31)27-8-6-23(32(33,34)35)16-22(27)18-36/h3-8,12,16-17,24,37H,2,9-11,13-15,19-20H2,1H3,(H,39,42)/t24-/m1/s1. The Hall–Kier alpha value is -4.30. The van der Waals surface area contributed by atoms with E-state index in [-0.39, 0.29) is 23.1 Å². The Morgan fingerprint density at radius 1 is 1.19 bits per heavy atom. The maximum atomic E-state index is 13.7. The van der Waals surface area contributed by atoms with Crippen molar-refractivity contribution in [2.24, 2.45) is 0 Å². The highest BCUT2D eigenvalue weighted by Crippen LogP contribution is 2.49. The first kappa shape index (κ1) is 28.8. The highest BCUT2D eigenvalue weighted by atomic mass is 19.4. The number of amides is 2. The van der Waals surface area contributed by atoms with Gasteiger partial charge in [-0.25, -0.2) is 9.78 Å². The van der Waals surface area contributed by atoms with E-state index in [9.17, 15) is 23.2 Å². The number of rotatable bonds is 5. The monoisotopic (exact) mass is 590 g/mol. The molecule has 0 aliphatic carbocycles. The van der Waals surface area contributed by atoms with Gasteiger partial charge in [0.15, 0.2) is 0 Å². The number of nitrogens with zero attached hydrogens (tertiary/aromatic N) is 4. The minimum atomic E-state index is -4.51. The molecule has 3 aliphatic rings. The zero-order valence-corrected chi connectivity index (χ0v) is 23.9. The largest absolute Gasteiger partial charge is 0.478 e. The molecule has 2 amide bonds. The van der Waals surface area contributed by atoms with Crippen LogP contribution in [0.5, 0.6) is 5.88 Å². The van der Waals surface area contributed by atoms with Gasteiger partial charge in [0.1, 0.15) is 6.07 Å². The van der Waals surface area contributed by atoms with Gasteiger partial charge in [0, 0.05) is 55.1 Å². The number of carbonyl (C=O) groups is 1. The predicted octanol–water partition coefficient (Wildman–Crippen LogP) is 5.47.